The Morgan fingerprint density at radius 1 is 1.14 bits per heavy atom. The molecule has 1 saturated carbocycles. The van der Waals surface area contributed by atoms with E-state index in [-0.39, 0.29) is 24.2 Å². The fourth-order valence-electron chi connectivity index (χ4n) is 4.24. The van der Waals surface area contributed by atoms with Crippen molar-refractivity contribution < 1.29 is 23.8 Å². The molecule has 2 amide bonds. The molecule has 2 fully saturated rings. The van der Waals surface area contributed by atoms with Crippen LogP contribution in [0.4, 0.5) is 5.69 Å². The van der Waals surface area contributed by atoms with E-state index in [4.69, 9.17) is 14.2 Å². The largest absolute Gasteiger partial charge is 0.486 e. The molecule has 1 unspecified atom stereocenters. The maximum absolute atomic E-state index is 12.5. The van der Waals surface area contributed by atoms with Crippen molar-refractivity contribution in [3.8, 4) is 11.5 Å². The van der Waals surface area contributed by atoms with Gasteiger partial charge in [-0.25, -0.2) is 0 Å². The van der Waals surface area contributed by atoms with E-state index in [2.05, 4.69) is 5.32 Å². The third-order valence-electron chi connectivity index (χ3n) is 5.86. The summed E-state index contributed by atoms with van der Waals surface area (Å²) in [5.74, 6) is 0.914. The molecule has 3 aliphatic rings. The van der Waals surface area contributed by atoms with E-state index in [0.717, 1.165) is 24.9 Å². The van der Waals surface area contributed by atoms with Gasteiger partial charge in [-0.1, -0.05) is 19.3 Å². The van der Waals surface area contributed by atoms with Crippen molar-refractivity contribution in [2.24, 2.45) is 5.92 Å². The molecule has 1 aliphatic carbocycles. The number of nitrogens with one attached hydrogen (secondary N) is 1. The first-order valence-electron chi connectivity index (χ1n) is 10.8. The van der Waals surface area contributed by atoms with Crippen molar-refractivity contribution in [1.29, 1.82) is 0 Å². The highest BCUT2D eigenvalue weighted by Gasteiger charge is 2.35. The van der Waals surface area contributed by atoms with Crippen LogP contribution in [0.3, 0.4) is 0 Å². The van der Waals surface area contributed by atoms with Gasteiger partial charge in [-0.05, 0) is 31.4 Å². The molecular formula is C22H30N2O5. The van der Waals surface area contributed by atoms with Gasteiger partial charge in [-0.15, -0.1) is 0 Å². The summed E-state index contributed by atoms with van der Waals surface area (Å²) in [6.07, 6.45) is 7.59. The fraction of sp³-hybridized carbons (Fsp3) is 0.636. The Morgan fingerprint density at radius 3 is 2.76 bits per heavy atom. The first-order chi connectivity index (χ1) is 14.2. The standard InChI is InChI=1S/C22H30N2O5/c25-21-13-16(22(26)23-9-4-10-27-18-5-2-1-3-6-18)15-24(21)17-7-8-19-20(14-17)29-12-11-28-19/h7-8,14,16,18H,1-6,9-13,15H2,(H,23,26). The van der Waals surface area contributed by atoms with Gasteiger partial charge in [0, 0.05) is 37.9 Å². The molecular weight excluding hydrogens is 372 g/mol. The number of nitrogens with zero attached hydrogens (tertiary/aromatic N) is 1. The van der Waals surface area contributed by atoms with E-state index in [1.165, 1.54) is 19.3 Å². The first-order valence-corrected chi connectivity index (χ1v) is 10.8. The van der Waals surface area contributed by atoms with Crippen molar-refractivity contribution >= 4 is 17.5 Å². The monoisotopic (exact) mass is 402 g/mol. The lowest BCUT2D eigenvalue weighted by atomic mass is 9.98. The highest BCUT2D eigenvalue weighted by molar-refractivity contribution is 6.00. The van der Waals surface area contributed by atoms with Crippen LogP contribution < -0.4 is 19.7 Å². The Hall–Kier alpha value is -2.28. The molecule has 0 bridgehead atoms. The minimum atomic E-state index is -0.324. The Bertz CT molecular complexity index is 732. The average molecular weight is 402 g/mol. The molecule has 1 aromatic carbocycles. The van der Waals surface area contributed by atoms with Crippen LogP contribution in [-0.4, -0.2) is 50.8 Å². The van der Waals surface area contributed by atoms with Crippen molar-refractivity contribution in [3.63, 3.8) is 0 Å². The first kappa shape index (κ1) is 20.0. The summed E-state index contributed by atoms with van der Waals surface area (Å²) in [6, 6.07) is 5.47. The number of carbonyl (C=O) groups excluding carboxylic acids is 2. The average Bonchev–Trinajstić information content (AvgIpc) is 3.15. The summed E-state index contributed by atoms with van der Waals surface area (Å²) in [5, 5.41) is 2.96. The number of carbonyl (C=O) groups is 2. The summed E-state index contributed by atoms with van der Waals surface area (Å²) in [4.78, 5) is 26.6. The molecule has 7 nitrogen and oxygen atoms in total. The molecule has 1 saturated heterocycles. The lowest BCUT2D eigenvalue weighted by molar-refractivity contribution is -0.126. The number of amides is 2. The number of rotatable bonds is 7. The zero-order chi connectivity index (χ0) is 20.1. The number of benzene rings is 1. The smallest absolute Gasteiger partial charge is 0.227 e. The van der Waals surface area contributed by atoms with E-state index in [1.807, 2.05) is 18.2 Å². The molecule has 4 rings (SSSR count). The second kappa shape index (κ2) is 9.48. The van der Waals surface area contributed by atoms with Gasteiger partial charge in [0.05, 0.1) is 12.0 Å². The Morgan fingerprint density at radius 2 is 1.93 bits per heavy atom. The van der Waals surface area contributed by atoms with Gasteiger partial charge >= 0.3 is 0 Å². The second-order valence-electron chi connectivity index (χ2n) is 8.01. The molecule has 2 heterocycles. The SMILES string of the molecule is O=C(NCCCOC1CCCCC1)C1CC(=O)N(c2ccc3c(c2)OCCO3)C1. The number of fused-ring (bicyclic) bond motifs is 1. The van der Waals surface area contributed by atoms with Crippen LogP contribution in [0.15, 0.2) is 18.2 Å². The Labute approximate surface area is 171 Å². The van der Waals surface area contributed by atoms with Crippen LogP contribution in [0.1, 0.15) is 44.9 Å². The van der Waals surface area contributed by atoms with E-state index >= 15 is 0 Å². The van der Waals surface area contributed by atoms with Crippen LogP contribution in [0, 0.1) is 5.92 Å². The fourth-order valence-corrected chi connectivity index (χ4v) is 4.24. The molecule has 7 heteroatoms. The van der Waals surface area contributed by atoms with Gasteiger partial charge < -0.3 is 24.4 Å². The summed E-state index contributed by atoms with van der Waals surface area (Å²) in [7, 11) is 0. The molecule has 1 aromatic rings. The summed E-state index contributed by atoms with van der Waals surface area (Å²) >= 11 is 0. The Kier molecular flexibility index (Phi) is 6.54. The van der Waals surface area contributed by atoms with Crippen LogP contribution in [0.25, 0.3) is 0 Å². The predicted octanol–water partition coefficient (Wildman–Crippen LogP) is 2.67. The van der Waals surface area contributed by atoms with Gasteiger partial charge in [0.2, 0.25) is 11.8 Å². The van der Waals surface area contributed by atoms with E-state index in [0.29, 0.717) is 50.5 Å². The topological polar surface area (TPSA) is 77.1 Å². The quantitative estimate of drug-likeness (QED) is 0.710. The third kappa shape index (κ3) is 5.01. The third-order valence-corrected chi connectivity index (χ3v) is 5.86. The molecule has 1 atom stereocenters. The zero-order valence-corrected chi connectivity index (χ0v) is 16.9. The van der Waals surface area contributed by atoms with Crippen molar-refractivity contribution in [3.05, 3.63) is 18.2 Å². The normalized spacial score (nSPS) is 22.0. The van der Waals surface area contributed by atoms with Crippen molar-refractivity contribution in [2.45, 2.75) is 51.0 Å². The lowest BCUT2D eigenvalue weighted by Crippen LogP contribution is -2.34. The van der Waals surface area contributed by atoms with Crippen LogP contribution in [0.2, 0.25) is 0 Å². The molecule has 0 aromatic heterocycles. The molecule has 0 radical (unpaired) electrons. The summed E-state index contributed by atoms with van der Waals surface area (Å²) < 4.78 is 17.0. The molecule has 29 heavy (non-hydrogen) atoms. The minimum Gasteiger partial charge on any atom is -0.486 e. The van der Waals surface area contributed by atoms with Gasteiger partial charge in [0.15, 0.2) is 11.5 Å². The number of ether oxygens (including phenoxy) is 3. The summed E-state index contributed by atoms with van der Waals surface area (Å²) in [5.41, 5.74) is 0.746. The maximum Gasteiger partial charge on any atom is 0.227 e. The Balaban J connectivity index is 1.22. The minimum absolute atomic E-state index is 0.0394. The predicted molar refractivity (Wildman–Crippen MR) is 108 cm³/mol. The number of hydrogen-bond donors (Lipinski definition) is 1. The van der Waals surface area contributed by atoms with Gasteiger partial charge in [0.25, 0.3) is 0 Å². The highest BCUT2D eigenvalue weighted by atomic mass is 16.6. The highest BCUT2D eigenvalue weighted by Crippen LogP contribution is 2.36. The number of anilines is 1. The van der Waals surface area contributed by atoms with Crippen molar-refractivity contribution in [1.82, 2.24) is 5.32 Å². The van der Waals surface area contributed by atoms with Crippen LogP contribution in [0.5, 0.6) is 11.5 Å². The van der Waals surface area contributed by atoms with Gasteiger partial charge in [-0.3, -0.25) is 9.59 Å². The zero-order valence-electron chi connectivity index (χ0n) is 16.9. The van der Waals surface area contributed by atoms with E-state index in [1.54, 1.807) is 4.90 Å². The molecule has 2 aliphatic heterocycles. The van der Waals surface area contributed by atoms with Crippen LogP contribution >= 0.6 is 0 Å². The van der Waals surface area contributed by atoms with Crippen molar-refractivity contribution in [2.75, 3.05) is 37.8 Å². The lowest BCUT2D eigenvalue weighted by Gasteiger charge is -2.22. The summed E-state index contributed by atoms with van der Waals surface area (Å²) in [6.45, 7) is 2.68. The van der Waals surface area contributed by atoms with Gasteiger partial charge in [-0.2, -0.15) is 0 Å². The number of hydrogen-bond acceptors (Lipinski definition) is 5. The molecule has 0 spiro atoms. The molecule has 1 N–H and O–H groups in total. The van der Waals surface area contributed by atoms with E-state index < -0.39 is 0 Å². The van der Waals surface area contributed by atoms with Gasteiger partial charge in [0.1, 0.15) is 13.2 Å². The maximum atomic E-state index is 12.5. The molecule has 158 valence electrons. The van der Waals surface area contributed by atoms with Crippen LogP contribution in [-0.2, 0) is 14.3 Å². The van der Waals surface area contributed by atoms with E-state index in [9.17, 15) is 9.59 Å². The second-order valence-corrected chi connectivity index (χ2v) is 8.01.